The molecule has 82 valence electrons. The summed E-state index contributed by atoms with van der Waals surface area (Å²) in [4.78, 5) is 12.4. The van der Waals surface area contributed by atoms with Gasteiger partial charge in [0.25, 0.3) is 5.91 Å². The fourth-order valence-electron chi connectivity index (χ4n) is 1.22. The third-order valence-corrected chi connectivity index (χ3v) is 3.51. The van der Waals surface area contributed by atoms with Crippen LogP contribution in [0.1, 0.15) is 9.67 Å². The lowest BCUT2D eigenvalue weighted by Crippen LogP contribution is -2.10. The molecular formula is C11H9BrN2OS. The van der Waals surface area contributed by atoms with E-state index in [4.69, 9.17) is 5.73 Å². The van der Waals surface area contributed by atoms with Gasteiger partial charge < -0.3 is 11.1 Å². The van der Waals surface area contributed by atoms with E-state index in [1.165, 1.54) is 11.3 Å². The Morgan fingerprint density at radius 2 is 2.19 bits per heavy atom. The number of hydrogen-bond acceptors (Lipinski definition) is 3. The van der Waals surface area contributed by atoms with Crippen LogP contribution in [0.15, 0.2) is 40.2 Å². The number of carbonyl (C=O) groups is 1. The van der Waals surface area contributed by atoms with E-state index in [1.54, 1.807) is 24.3 Å². The third-order valence-electron chi connectivity index (χ3n) is 1.99. The van der Waals surface area contributed by atoms with Crippen LogP contribution in [0.3, 0.4) is 0 Å². The van der Waals surface area contributed by atoms with Crippen LogP contribution in [-0.4, -0.2) is 5.91 Å². The molecule has 2 aromatic rings. The van der Waals surface area contributed by atoms with Gasteiger partial charge in [-0.1, -0.05) is 6.07 Å². The standard InChI is InChI=1S/C11H9BrN2OS/c12-8-6-7(13)3-4-9(8)14-11(15)10-2-1-5-16-10/h1-6H,13H2,(H,14,15). The van der Waals surface area contributed by atoms with Gasteiger partial charge in [-0.15, -0.1) is 11.3 Å². The fourth-order valence-corrected chi connectivity index (χ4v) is 2.34. The fraction of sp³-hybridized carbons (Fsp3) is 0. The van der Waals surface area contributed by atoms with Crippen molar-refractivity contribution >= 4 is 44.5 Å². The first-order chi connectivity index (χ1) is 7.66. The molecule has 0 unspecified atom stereocenters. The average Bonchev–Trinajstić information content (AvgIpc) is 2.75. The van der Waals surface area contributed by atoms with Crippen molar-refractivity contribution in [2.75, 3.05) is 11.1 Å². The number of hydrogen-bond donors (Lipinski definition) is 2. The Kier molecular flexibility index (Phi) is 3.26. The third kappa shape index (κ3) is 2.43. The first-order valence-corrected chi connectivity index (χ1v) is 6.24. The number of rotatable bonds is 2. The van der Waals surface area contributed by atoms with Gasteiger partial charge in [0.1, 0.15) is 0 Å². The summed E-state index contributed by atoms with van der Waals surface area (Å²) < 4.78 is 0.775. The number of benzene rings is 1. The number of nitrogens with two attached hydrogens (primary N) is 1. The maximum absolute atomic E-state index is 11.8. The molecule has 0 aliphatic carbocycles. The lowest BCUT2D eigenvalue weighted by molar-refractivity contribution is 0.103. The van der Waals surface area contributed by atoms with Crippen molar-refractivity contribution in [3.8, 4) is 0 Å². The molecule has 3 N–H and O–H groups in total. The summed E-state index contributed by atoms with van der Waals surface area (Å²) in [5.74, 6) is -0.111. The summed E-state index contributed by atoms with van der Waals surface area (Å²) in [6.45, 7) is 0. The molecule has 0 bridgehead atoms. The number of thiophene rings is 1. The van der Waals surface area contributed by atoms with Gasteiger partial charge in [0, 0.05) is 10.2 Å². The van der Waals surface area contributed by atoms with Gasteiger partial charge >= 0.3 is 0 Å². The van der Waals surface area contributed by atoms with Crippen LogP contribution in [-0.2, 0) is 0 Å². The molecule has 0 fully saturated rings. The van der Waals surface area contributed by atoms with Crippen molar-refractivity contribution in [2.45, 2.75) is 0 Å². The minimum atomic E-state index is -0.111. The van der Waals surface area contributed by atoms with E-state index in [9.17, 15) is 4.79 Å². The van der Waals surface area contributed by atoms with Crippen LogP contribution in [0.5, 0.6) is 0 Å². The highest BCUT2D eigenvalue weighted by atomic mass is 79.9. The summed E-state index contributed by atoms with van der Waals surface area (Å²) in [6, 6.07) is 8.90. The molecule has 2 rings (SSSR count). The highest BCUT2D eigenvalue weighted by Crippen LogP contribution is 2.25. The summed E-state index contributed by atoms with van der Waals surface area (Å²) >= 11 is 4.75. The van der Waals surface area contributed by atoms with Crippen molar-refractivity contribution in [2.24, 2.45) is 0 Å². The number of anilines is 2. The molecule has 16 heavy (non-hydrogen) atoms. The Labute approximate surface area is 105 Å². The average molecular weight is 297 g/mol. The van der Waals surface area contributed by atoms with Crippen molar-refractivity contribution in [1.82, 2.24) is 0 Å². The van der Waals surface area contributed by atoms with Gasteiger partial charge in [-0.25, -0.2) is 0 Å². The van der Waals surface area contributed by atoms with Crippen LogP contribution in [0.25, 0.3) is 0 Å². The molecule has 3 nitrogen and oxygen atoms in total. The molecule has 0 radical (unpaired) electrons. The second-order valence-corrected chi connectivity index (χ2v) is 4.97. The highest BCUT2D eigenvalue weighted by molar-refractivity contribution is 9.10. The second-order valence-electron chi connectivity index (χ2n) is 3.17. The number of nitrogens with one attached hydrogen (secondary N) is 1. The zero-order chi connectivity index (χ0) is 11.5. The Morgan fingerprint density at radius 3 is 2.81 bits per heavy atom. The Morgan fingerprint density at radius 1 is 1.38 bits per heavy atom. The van der Waals surface area contributed by atoms with Crippen molar-refractivity contribution in [1.29, 1.82) is 0 Å². The number of halogens is 1. The van der Waals surface area contributed by atoms with E-state index in [0.29, 0.717) is 16.3 Å². The predicted molar refractivity (Wildman–Crippen MR) is 70.8 cm³/mol. The Bertz CT molecular complexity index is 511. The van der Waals surface area contributed by atoms with E-state index < -0.39 is 0 Å². The summed E-state index contributed by atoms with van der Waals surface area (Å²) in [7, 11) is 0. The van der Waals surface area contributed by atoms with Gasteiger partial charge in [0.2, 0.25) is 0 Å². The van der Waals surface area contributed by atoms with Crippen LogP contribution < -0.4 is 11.1 Å². The van der Waals surface area contributed by atoms with Gasteiger partial charge in [-0.3, -0.25) is 4.79 Å². The van der Waals surface area contributed by atoms with E-state index in [2.05, 4.69) is 21.2 Å². The minimum Gasteiger partial charge on any atom is -0.399 e. The van der Waals surface area contributed by atoms with E-state index in [0.717, 1.165) is 4.47 Å². The normalized spacial score (nSPS) is 10.1. The molecule has 1 heterocycles. The maximum Gasteiger partial charge on any atom is 0.265 e. The van der Waals surface area contributed by atoms with Gasteiger partial charge in [-0.05, 0) is 45.6 Å². The minimum absolute atomic E-state index is 0.111. The van der Waals surface area contributed by atoms with Crippen molar-refractivity contribution in [3.05, 3.63) is 45.1 Å². The molecule has 0 aliphatic rings. The first-order valence-electron chi connectivity index (χ1n) is 4.56. The molecule has 0 spiro atoms. The maximum atomic E-state index is 11.8. The molecular weight excluding hydrogens is 288 g/mol. The Balaban J connectivity index is 2.18. The van der Waals surface area contributed by atoms with Gasteiger partial charge in [-0.2, -0.15) is 0 Å². The van der Waals surface area contributed by atoms with Gasteiger partial charge in [0.15, 0.2) is 0 Å². The zero-order valence-corrected chi connectivity index (χ0v) is 10.6. The molecule has 1 aromatic carbocycles. The summed E-state index contributed by atoms with van der Waals surface area (Å²) in [5.41, 5.74) is 6.98. The SMILES string of the molecule is Nc1ccc(NC(=O)c2cccs2)c(Br)c1. The lowest BCUT2D eigenvalue weighted by atomic mass is 10.3. The van der Waals surface area contributed by atoms with Crippen molar-refractivity contribution < 1.29 is 4.79 Å². The van der Waals surface area contributed by atoms with Crippen LogP contribution in [0.2, 0.25) is 0 Å². The molecule has 1 aromatic heterocycles. The largest absolute Gasteiger partial charge is 0.399 e. The van der Waals surface area contributed by atoms with E-state index in [1.807, 2.05) is 11.4 Å². The quantitative estimate of drug-likeness (QED) is 0.835. The molecule has 1 amide bonds. The van der Waals surface area contributed by atoms with E-state index >= 15 is 0 Å². The van der Waals surface area contributed by atoms with E-state index in [-0.39, 0.29) is 5.91 Å². The smallest absolute Gasteiger partial charge is 0.265 e. The number of nitrogen functional groups attached to an aromatic ring is 1. The molecule has 5 heteroatoms. The highest BCUT2D eigenvalue weighted by Gasteiger charge is 2.08. The zero-order valence-electron chi connectivity index (χ0n) is 8.24. The second kappa shape index (κ2) is 4.67. The lowest BCUT2D eigenvalue weighted by Gasteiger charge is -2.06. The Hall–Kier alpha value is -1.33. The van der Waals surface area contributed by atoms with Crippen LogP contribution >= 0.6 is 27.3 Å². The number of carbonyl (C=O) groups excluding carboxylic acids is 1. The van der Waals surface area contributed by atoms with Gasteiger partial charge in [0.05, 0.1) is 10.6 Å². The first kappa shape index (κ1) is 11.2. The monoisotopic (exact) mass is 296 g/mol. The molecule has 0 aliphatic heterocycles. The van der Waals surface area contributed by atoms with Crippen molar-refractivity contribution in [3.63, 3.8) is 0 Å². The molecule has 0 saturated carbocycles. The van der Waals surface area contributed by atoms with Crippen LogP contribution in [0, 0.1) is 0 Å². The molecule has 0 atom stereocenters. The topological polar surface area (TPSA) is 55.1 Å². The summed E-state index contributed by atoms with van der Waals surface area (Å²) in [6.07, 6.45) is 0. The summed E-state index contributed by atoms with van der Waals surface area (Å²) in [5, 5.41) is 4.68. The van der Waals surface area contributed by atoms with Crippen LogP contribution in [0.4, 0.5) is 11.4 Å². The predicted octanol–water partition coefficient (Wildman–Crippen LogP) is 3.35. The molecule has 0 saturated heterocycles. The number of amides is 1.